The lowest BCUT2D eigenvalue weighted by atomic mass is 9.94. The summed E-state index contributed by atoms with van der Waals surface area (Å²) in [6.45, 7) is 4.42. The SMILES string of the molecule is Cc1c(CP)ccc(-c2ccc(P)cc2)c1C. The lowest BCUT2D eigenvalue weighted by Crippen LogP contribution is -1.94. The molecule has 0 aliphatic rings. The Morgan fingerprint density at radius 2 is 1.53 bits per heavy atom. The van der Waals surface area contributed by atoms with Crippen LogP contribution in [0.4, 0.5) is 0 Å². The number of benzene rings is 2. The molecule has 0 spiro atoms. The lowest BCUT2D eigenvalue weighted by molar-refractivity contribution is 1.25. The fourth-order valence-electron chi connectivity index (χ4n) is 2.07. The smallest absolute Gasteiger partial charge is 0.0126 e. The molecule has 0 aromatic heterocycles. The standard InChI is InChI=1S/C15H18P2/c1-10-11(2)15(8-5-13(10)9-16)12-3-6-14(17)7-4-12/h3-8H,9,16-17H2,1-2H3. The van der Waals surface area contributed by atoms with E-state index >= 15 is 0 Å². The van der Waals surface area contributed by atoms with Crippen LogP contribution >= 0.6 is 18.5 Å². The summed E-state index contributed by atoms with van der Waals surface area (Å²) in [4.78, 5) is 0. The molecule has 88 valence electrons. The summed E-state index contributed by atoms with van der Waals surface area (Å²) in [5, 5.41) is 1.23. The Kier molecular flexibility index (Phi) is 3.97. The molecule has 0 aliphatic heterocycles. The Bertz CT molecular complexity index is 527. The van der Waals surface area contributed by atoms with Gasteiger partial charge in [0, 0.05) is 0 Å². The van der Waals surface area contributed by atoms with E-state index < -0.39 is 0 Å². The van der Waals surface area contributed by atoms with E-state index in [1.165, 1.54) is 33.1 Å². The minimum atomic E-state index is 1.03. The van der Waals surface area contributed by atoms with Crippen molar-refractivity contribution >= 4 is 23.8 Å². The van der Waals surface area contributed by atoms with Gasteiger partial charge in [-0.2, -0.15) is 0 Å². The average molecular weight is 260 g/mol. The molecule has 2 unspecified atom stereocenters. The fraction of sp³-hybridized carbons (Fsp3) is 0.200. The van der Waals surface area contributed by atoms with E-state index in [1.807, 2.05) is 0 Å². The predicted octanol–water partition coefficient (Wildman–Crippen LogP) is 3.85. The Morgan fingerprint density at radius 1 is 0.882 bits per heavy atom. The van der Waals surface area contributed by atoms with Gasteiger partial charge in [-0.3, -0.25) is 0 Å². The molecule has 17 heavy (non-hydrogen) atoms. The molecule has 0 saturated heterocycles. The van der Waals surface area contributed by atoms with Crippen molar-refractivity contribution in [2.24, 2.45) is 0 Å². The van der Waals surface area contributed by atoms with Crippen molar-refractivity contribution in [3.05, 3.63) is 53.1 Å². The van der Waals surface area contributed by atoms with Crippen LogP contribution in [0.1, 0.15) is 16.7 Å². The fourth-order valence-corrected chi connectivity index (χ4v) is 2.71. The van der Waals surface area contributed by atoms with Crippen molar-refractivity contribution < 1.29 is 0 Å². The first-order valence-electron chi connectivity index (χ1n) is 5.78. The van der Waals surface area contributed by atoms with E-state index in [1.54, 1.807) is 0 Å². The molecule has 0 N–H and O–H groups in total. The maximum atomic E-state index is 2.80. The second-order valence-corrected chi connectivity index (χ2v) is 5.42. The number of hydrogen-bond acceptors (Lipinski definition) is 0. The van der Waals surface area contributed by atoms with Gasteiger partial charge in [0.15, 0.2) is 0 Å². The Balaban J connectivity index is 2.53. The second kappa shape index (κ2) is 5.30. The molecule has 2 aromatic carbocycles. The van der Waals surface area contributed by atoms with Gasteiger partial charge in [0.1, 0.15) is 0 Å². The highest BCUT2D eigenvalue weighted by atomic mass is 31.0. The van der Waals surface area contributed by atoms with Crippen LogP contribution < -0.4 is 5.30 Å². The van der Waals surface area contributed by atoms with Gasteiger partial charge in [-0.1, -0.05) is 36.4 Å². The minimum absolute atomic E-state index is 1.03. The zero-order chi connectivity index (χ0) is 12.4. The molecule has 0 aliphatic carbocycles. The number of hydrogen-bond donors (Lipinski definition) is 0. The van der Waals surface area contributed by atoms with Crippen LogP contribution in [-0.4, -0.2) is 0 Å². The molecule has 0 saturated carbocycles. The summed E-state index contributed by atoms with van der Waals surface area (Å²) < 4.78 is 0. The van der Waals surface area contributed by atoms with Crippen LogP contribution in [0.5, 0.6) is 0 Å². The Labute approximate surface area is 108 Å². The first-order chi connectivity index (χ1) is 8.13. The molecule has 2 heteroatoms. The van der Waals surface area contributed by atoms with Crippen molar-refractivity contribution in [3.8, 4) is 11.1 Å². The predicted molar refractivity (Wildman–Crippen MR) is 84.1 cm³/mol. The maximum Gasteiger partial charge on any atom is -0.0126 e. The molecule has 0 heterocycles. The van der Waals surface area contributed by atoms with Gasteiger partial charge in [-0.15, -0.1) is 18.5 Å². The van der Waals surface area contributed by atoms with Gasteiger partial charge in [0.2, 0.25) is 0 Å². The third-order valence-electron chi connectivity index (χ3n) is 3.34. The monoisotopic (exact) mass is 260 g/mol. The first-order valence-corrected chi connectivity index (χ1v) is 7.18. The van der Waals surface area contributed by atoms with Crippen LogP contribution in [-0.2, 0) is 6.16 Å². The normalized spacial score (nSPS) is 10.6. The van der Waals surface area contributed by atoms with E-state index in [2.05, 4.69) is 68.7 Å². The summed E-state index contributed by atoms with van der Waals surface area (Å²) in [5.74, 6) is 0. The highest BCUT2D eigenvalue weighted by Crippen LogP contribution is 2.28. The second-order valence-electron chi connectivity index (χ2n) is 4.35. The highest BCUT2D eigenvalue weighted by Gasteiger charge is 2.06. The third-order valence-corrected chi connectivity index (χ3v) is 4.17. The Morgan fingerprint density at radius 3 is 2.12 bits per heavy atom. The molecule has 2 aromatic rings. The summed E-state index contributed by atoms with van der Waals surface area (Å²) in [6.07, 6.45) is 1.03. The van der Waals surface area contributed by atoms with E-state index in [9.17, 15) is 0 Å². The average Bonchev–Trinajstić information content (AvgIpc) is 2.34. The minimum Gasteiger partial charge on any atom is -0.133 e. The van der Waals surface area contributed by atoms with Gasteiger partial charge >= 0.3 is 0 Å². The van der Waals surface area contributed by atoms with Crippen LogP contribution in [0, 0.1) is 13.8 Å². The van der Waals surface area contributed by atoms with Gasteiger partial charge in [-0.25, -0.2) is 0 Å². The van der Waals surface area contributed by atoms with Gasteiger partial charge in [0.05, 0.1) is 0 Å². The molecule has 2 rings (SSSR count). The summed E-state index contributed by atoms with van der Waals surface area (Å²) >= 11 is 0. The highest BCUT2D eigenvalue weighted by molar-refractivity contribution is 7.27. The van der Waals surface area contributed by atoms with Crippen molar-refractivity contribution in [1.82, 2.24) is 0 Å². The van der Waals surface area contributed by atoms with Crippen LogP contribution in [0.25, 0.3) is 11.1 Å². The van der Waals surface area contributed by atoms with Crippen LogP contribution in [0.2, 0.25) is 0 Å². The maximum absolute atomic E-state index is 2.80. The summed E-state index contributed by atoms with van der Waals surface area (Å²) in [6, 6.07) is 13.1. The van der Waals surface area contributed by atoms with Crippen LogP contribution in [0.15, 0.2) is 36.4 Å². The lowest BCUT2D eigenvalue weighted by Gasteiger charge is -2.12. The van der Waals surface area contributed by atoms with Crippen molar-refractivity contribution in [1.29, 1.82) is 0 Å². The molecule has 0 amide bonds. The van der Waals surface area contributed by atoms with Crippen LogP contribution in [0.3, 0.4) is 0 Å². The van der Waals surface area contributed by atoms with E-state index in [4.69, 9.17) is 0 Å². The topological polar surface area (TPSA) is 0 Å². The Hall–Kier alpha value is -0.700. The summed E-state index contributed by atoms with van der Waals surface area (Å²) in [5.41, 5.74) is 6.86. The molecule has 0 radical (unpaired) electrons. The van der Waals surface area contributed by atoms with E-state index in [0.29, 0.717) is 0 Å². The molecule has 0 fully saturated rings. The zero-order valence-corrected chi connectivity index (χ0v) is 12.6. The van der Waals surface area contributed by atoms with Crippen molar-refractivity contribution in [2.75, 3.05) is 0 Å². The van der Waals surface area contributed by atoms with Gasteiger partial charge < -0.3 is 0 Å². The largest absolute Gasteiger partial charge is 0.133 e. The quantitative estimate of drug-likeness (QED) is 0.719. The zero-order valence-electron chi connectivity index (χ0n) is 10.3. The molecule has 2 atom stereocenters. The third kappa shape index (κ3) is 2.59. The van der Waals surface area contributed by atoms with Crippen molar-refractivity contribution in [2.45, 2.75) is 20.0 Å². The molecule has 0 bridgehead atoms. The first kappa shape index (κ1) is 12.7. The van der Waals surface area contributed by atoms with Crippen molar-refractivity contribution in [3.63, 3.8) is 0 Å². The molecule has 0 nitrogen and oxygen atoms in total. The van der Waals surface area contributed by atoms with E-state index in [-0.39, 0.29) is 0 Å². The molecular formula is C15H18P2. The van der Waals surface area contributed by atoms with Gasteiger partial charge in [0.25, 0.3) is 0 Å². The van der Waals surface area contributed by atoms with E-state index in [0.717, 1.165) is 6.16 Å². The number of rotatable bonds is 2. The van der Waals surface area contributed by atoms with Gasteiger partial charge in [-0.05, 0) is 53.1 Å². The molecular weight excluding hydrogens is 242 g/mol. The summed E-state index contributed by atoms with van der Waals surface area (Å²) in [7, 11) is 5.52.